The summed E-state index contributed by atoms with van der Waals surface area (Å²) in [6.07, 6.45) is 4.64. The zero-order valence-corrected chi connectivity index (χ0v) is 18.5. The van der Waals surface area contributed by atoms with Crippen molar-refractivity contribution in [1.82, 2.24) is 19.9 Å². The molecule has 2 atom stereocenters. The summed E-state index contributed by atoms with van der Waals surface area (Å²) in [5, 5.41) is 3.19. The number of rotatable bonds is 5. The summed E-state index contributed by atoms with van der Waals surface area (Å²) >= 11 is 0. The van der Waals surface area contributed by atoms with Gasteiger partial charge in [0.2, 0.25) is 0 Å². The largest absolute Gasteiger partial charge is 0.424 e. The van der Waals surface area contributed by atoms with Crippen LogP contribution in [0, 0.1) is 17.6 Å². The predicted molar refractivity (Wildman–Crippen MR) is 123 cm³/mol. The second-order valence-electron chi connectivity index (χ2n) is 8.44. The highest BCUT2D eigenvalue weighted by Crippen LogP contribution is 2.30. The van der Waals surface area contributed by atoms with Crippen molar-refractivity contribution in [2.24, 2.45) is 5.92 Å². The molecule has 0 aliphatic carbocycles. The summed E-state index contributed by atoms with van der Waals surface area (Å²) in [4.78, 5) is 28.0. The number of carbonyl (C=O) groups is 1. The summed E-state index contributed by atoms with van der Waals surface area (Å²) < 4.78 is 34.8. The van der Waals surface area contributed by atoms with Crippen LogP contribution in [0.15, 0.2) is 59.3 Å². The van der Waals surface area contributed by atoms with E-state index >= 15 is 4.39 Å². The van der Waals surface area contributed by atoms with Crippen molar-refractivity contribution in [2.75, 3.05) is 18.4 Å². The van der Waals surface area contributed by atoms with E-state index in [4.69, 9.17) is 4.42 Å². The molecule has 1 fully saturated rings. The van der Waals surface area contributed by atoms with Crippen molar-refractivity contribution in [2.45, 2.75) is 25.8 Å². The van der Waals surface area contributed by atoms with Crippen LogP contribution in [0.5, 0.6) is 0 Å². The Labute approximate surface area is 194 Å². The monoisotopic (exact) mass is 463 g/mol. The number of fused-ring (bicyclic) bond motifs is 1. The minimum absolute atomic E-state index is 0.0342. The normalized spacial score (nSPS) is 18.3. The van der Waals surface area contributed by atoms with Gasteiger partial charge in [-0.1, -0.05) is 19.1 Å². The first-order valence-electron chi connectivity index (χ1n) is 11.2. The quantitative estimate of drug-likeness (QED) is 0.453. The fourth-order valence-corrected chi connectivity index (χ4v) is 4.50. The lowest BCUT2D eigenvalue weighted by Crippen LogP contribution is -2.51. The number of piperidine rings is 1. The van der Waals surface area contributed by atoms with E-state index in [9.17, 15) is 9.18 Å². The Balaban J connectivity index is 1.45. The first-order chi connectivity index (χ1) is 16.5. The fraction of sp³-hybridized carbons (Fsp3) is 0.280. The maximum atomic E-state index is 15.0. The van der Waals surface area contributed by atoms with Crippen LogP contribution in [0.3, 0.4) is 0 Å². The van der Waals surface area contributed by atoms with Crippen molar-refractivity contribution < 1.29 is 18.0 Å². The van der Waals surface area contributed by atoms with E-state index in [-0.39, 0.29) is 28.9 Å². The third kappa shape index (κ3) is 4.21. The van der Waals surface area contributed by atoms with E-state index in [2.05, 4.69) is 27.2 Å². The zero-order valence-electron chi connectivity index (χ0n) is 18.5. The summed E-state index contributed by atoms with van der Waals surface area (Å²) in [6, 6.07) is 11.0. The molecule has 2 unspecified atom stereocenters. The first kappa shape index (κ1) is 21.9. The number of hydrogen-bond donors (Lipinski definition) is 1. The Morgan fingerprint density at radius 1 is 1.18 bits per heavy atom. The summed E-state index contributed by atoms with van der Waals surface area (Å²) in [7, 11) is 0. The van der Waals surface area contributed by atoms with Crippen molar-refractivity contribution in [1.29, 1.82) is 0 Å². The number of aromatic nitrogens is 3. The van der Waals surface area contributed by atoms with Gasteiger partial charge in [0.05, 0.1) is 11.6 Å². The predicted octanol–water partition coefficient (Wildman–Crippen LogP) is 4.92. The maximum Gasteiger partial charge on any atom is 0.295 e. The van der Waals surface area contributed by atoms with Crippen molar-refractivity contribution >= 4 is 23.0 Å². The maximum absolute atomic E-state index is 15.0. The van der Waals surface area contributed by atoms with E-state index in [1.165, 1.54) is 12.4 Å². The molecule has 2 aromatic carbocycles. The van der Waals surface area contributed by atoms with Crippen LogP contribution in [-0.2, 0) is 0 Å². The highest BCUT2D eigenvalue weighted by atomic mass is 19.1. The van der Waals surface area contributed by atoms with Crippen molar-refractivity contribution in [3.8, 4) is 11.4 Å². The van der Waals surface area contributed by atoms with Gasteiger partial charge in [-0.3, -0.25) is 4.79 Å². The molecule has 1 aliphatic heterocycles. The van der Waals surface area contributed by atoms with Gasteiger partial charge in [-0.15, -0.1) is 0 Å². The highest BCUT2D eigenvalue weighted by molar-refractivity contribution is 6.00. The number of anilines is 1. The minimum atomic E-state index is -0.934. The Kier molecular flexibility index (Phi) is 5.91. The van der Waals surface area contributed by atoms with E-state index in [0.717, 1.165) is 30.5 Å². The van der Waals surface area contributed by atoms with Crippen LogP contribution in [0.4, 0.5) is 14.8 Å². The molecule has 34 heavy (non-hydrogen) atoms. The van der Waals surface area contributed by atoms with E-state index < -0.39 is 17.5 Å². The molecule has 5 rings (SSSR count). The Bertz CT molecular complexity index is 1290. The van der Waals surface area contributed by atoms with Gasteiger partial charge >= 0.3 is 0 Å². The van der Waals surface area contributed by atoms with Gasteiger partial charge in [0.15, 0.2) is 11.4 Å². The van der Waals surface area contributed by atoms with Gasteiger partial charge in [-0.05, 0) is 43.0 Å². The molecule has 0 bridgehead atoms. The molecule has 0 saturated carbocycles. The number of nitrogens with one attached hydrogen (secondary N) is 1. The van der Waals surface area contributed by atoms with Crippen LogP contribution >= 0.6 is 0 Å². The highest BCUT2D eigenvalue weighted by Gasteiger charge is 2.35. The number of carbonyl (C=O) groups excluding carboxylic acids is 1. The minimum Gasteiger partial charge on any atom is -0.424 e. The molecule has 7 nitrogen and oxygen atoms in total. The van der Waals surface area contributed by atoms with E-state index in [0.29, 0.717) is 24.7 Å². The summed E-state index contributed by atoms with van der Waals surface area (Å²) in [5.74, 6) is -2.00. The first-order valence-corrected chi connectivity index (χ1v) is 11.2. The van der Waals surface area contributed by atoms with Gasteiger partial charge < -0.3 is 14.6 Å². The second kappa shape index (κ2) is 9.17. The Morgan fingerprint density at radius 2 is 1.97 bits per heavy atom. The number of likely N-dealkylation sites (tertiary alicyclic amines) is 1. The molecule has 1 saturated heterocycles. The van der Waals surface area contributed by atoms with Crippen LogP contribution in [0.25, 0.3) is 22.5 Å². The average Bonchev–Trinajstić information content (AvgIpc) is 3.26. The molecule has 2 aromatic heterocycles. The number of oxazole rings is 1. The van der Waals surface area contributed by atoms with E-state index in [1.54, 1.807) is 11.0 Å². The lowest BCUT2D eigenvalue weighted by atomic mass is 9.89. The third-order valence-corrected chi connectivity index (χ3v) is 6.21. The van der Waals surface area contributed by atoms with Gasteiger partial charge in [-0.25, -0.2) is 18.7 Å². The van der Waals surface area contributed by atoms with E-state index in [1.807, 2.05) is 24.3 Å². The molecule has 1 N–H and O–H groups in total. The number of amides is 1. The van der Waals surface area contributed by atoms with Gasteiger partial charge in [0.1, 0.15) is 17.2 Å². The van der Waals surface area contributed by atoms with Crippen molar-refractivity contribution in [3.05, 3.63) is 72.1 Å². The Hall–Kier alpha value is -3.88. The summed E-state index contributed by atoms with van der Waals surface area (Å²) in [5.41, 5.74) is 1.20. The molecule has 1 aliphatic rings. The van der Waals surface area contributed by atoms with Crippen molar-refractivity contribution in [3.63, 3.8) is 0 Å². The molecule has 0 spiro atoms. The second-order valence-corrected chi connectivity index (χ2v) is 8.44. The number of para-hydroxylation sites is 2. The van der Waals surface area contributed by atoms with Crippen LogP contribution in [-0.4, -0.2) is 44.9 Å². The molecule has 0 radical (unpaired) electrons. The van der Waals surface area contributed by atoms with Gasteiger partial charge in [-0.2, -0.15) is 4.98 Å². The SMILES string of the molecule is CC1CCCN(C(=O)c2c(F)cc(F)cc2-c2ncccn2)C1CNc1nc2ccccc2o1. The standard InChI is InChI=1S/C25H23F2N5O2/c1-15-6-4-11-32(20(15)14-30-25-31-19-7-2-3-8-21(19)34-25)24(33)22-17(12-16(26)13-18(22)27)23-28-9-5-10-29-23/h2-3,5,7-10,12-13,15,20H,4,6,11,14H2,1H3,(H,30,31). The molecule has 4 aromatic rings. The fourth-order valence-electron chi connectivity index (χ4n) is 4.50. The molecule has 9 heteroatoms. The average molecular weight is 463 g/mol. The van der Waals surface area contributed by atoms with Crippen LogP contribution in [0.2, 0.25) is 0 Å². The van der Waals surface area contributed by atoms with Gasteiger partial charge in [0.25, 0.3) is 11.9 Å². The topological polar surface area (TPSA) is 84.2 Å². The van der Waals surface area contributed by atoms with Gasteiger partial charge in [0, 0.05) is 37.1 Å². The molecule has 174 valence electrons. The molecule has 3 heterocycles. The zero-order chi connectivity index (χ0) is 23.7. The number of halogens is 2. The number of benzene rings is 2. The van der Waals surface area contributed by atoms with Crippen LogP contribution < -0.4 is 5.32 Å². The summed E-state index contributed by atoms with van der Waals surface area (Å²) in [6.45, 7) is 2.88. The lowest BCUT2D eigenvalue weighted by molar-refractivity contribution is 0.0535. The third-order valence-electron chi connectivity index (χ3n) is 6.21. The number of nitrogens with zero attached hydrogens (tertiary/aromatic N) is 4. The molecule has 1 amide bonds. The molecular formula is C25H23F2N5O2. The van der Waals surface area contributed by atoms with Crippen LogP contribution in [0.1, 0.15) is 30.1 Å². The lowest BCUT2D eigenvalue weighted by Gasteiger charge is -2.40. The number of hydrogen-bond acceptors (Lipinski definition) is 6. The molecular weight excluding hydrogens is 440 g/mol. The Morgan fingerprint density at radius 3 is 2.76 bits per heavy atom. The smallest absolute Gasteiger partial charge is 0.295 e.